The quantitative estimate of drug-likeness (QED) is 0.153. The maximum absolute atomic E-state index is 2.44. The summed E-state index contributed by atoms with van der Waals surface area (Å²) in [5, 5.41) is 7.56. The van der Waals surface area contributed by atoms with E-state index in [9.17, 15) is 0 Å². The Morgan fingerprint density at radius 2 is 0.426 bits per heavy atom. The molecule has 10 aromatic carbocycles. The Labute approximate surface area is 316 Å². The zero-order valence-electron chi connectivity index (χ0n) is 29.8. The van der Waals surface area contributed by atoms with Crippen molar-refractivity contribution in [3.63, 3.8) is 0 Å². The molecule has 10 aromatic rings. The van der Waals surface area contributed by atoms with Gasteiger partial charge in [0.2, 0.25) is 0 Å². The van der Waals surface area contributed by atoms with E-state index in [1.54, 1.807) is 0 Å². The highest BCUT2D eigenvalue weighted by molar-refractivity contribution is 6.24. The molecule has 0 aliphatic carbocycles. The van der Waals surface area contributed by atoms with Gasteiger partial charge in [0, 0.05) is 0 Å². The summed E-state index contributed by atoms with van der Waals surface area (Å²) in [6, 6.07) is 79.7. The van der Waals surface area contributed by atoms with E-state index in [4.69, 9.17) is 0 Å². The third-order valence-corrected chi connectivity index (χ3v) is 10.9. The zero-order valence-corrected chi connectivity index (χ0v) is 29.8. The van der Waals surface area contributed by atoms with Gasteiger partial charge in [-0.25, -0.2) is 0 Å². The Morgan fingerprint density at radius 3 is 0.815 bits per heavy atom. The van der Waals surface area contributed by atoms with Crippen LogP contribution in [-0.2, 0) is 0 Å². The van der Waals surface area contributed by atoms with E-state index in [1.165, 1.54) is 99.1 Å². The molecule has 0 aliphatic rings. The van der Waals surface area contributed by atoms with Crippen molar-refractivity contribution in [3.8, 4) is 66.8 Å². The molecule has 252 valence electrons. The topological polar surface area (TPSA) is 0 Å². The van der Waals surface area contributed by atoms with Gasteiger partial charge in [-0.3, -0.25) is 0 Å². The first-order valence-corrected chi connectivity index (χ1v) is 18.7. The molecule has 0 saturated heterocycles. The minimum atomic E-state index is 1.21. The molecular formula is C54H36. The Balaban J connectivity index is 1.15. The van der Waals surface area contributed by atoms with Crippen LogP contribution >= 0.6 is 0 Å². The first-order valence-electron chi connectivity index (χ1n) is 18.7. The number of rotatable bonds is 6. The molecular weight excluding hydrogens is 649 g/mol. The summed E-state index contributed by atoms with van der Waals surface area (Å²) in [4.78, 5) is 0. The van der Waals surface area contributed by atoms with E-state index >= 15 is 0 Å². The molecule has 0 aromatic heterocycles. The molecule has 0 bridgehead atoms. The SMILES string of the molecule is c1ccc(-c2ccc(-c3ccccc3-c3cc4c5ccccc5c(-c5ccccc5-c5ccc(-c6ccccc6)cc5)cc4c4ccccc34)cc2)cc1. The molecule has 0 saturated carbocycles. The summed E-state index contributed by atoms with van der Waals surface area (Å²) >= 11 is 0. The van der Waals surface area contributed by atoms with Crippen molar-refractivity contribution in [1.82, 2.24) is 0 Å². The second-order valence-corrected chi connectivity index (χ2v) is 14.0. The van der Waals surface area contributed by atoms with Crippen LogP contribution in [0.25, 0.3) is 99.1 Å². The van der Waals surface area contributed by atoms with Crippen LogP contribution < -0.4 is 0 Å². The van der Waals surface area contributed by atoms with Gasteiger partial charge in [-0.1, -0.05) is 206 Å². The van der Waals surface area contributed by atoms with Crippen LogP contribution in [0.15, 0.2) is 218 Å². The zero-order chi connectivity index (χ0) is 35.8. The lowest BCUT2D eigenvalue weighted by Crippen LogP contribution is -1.92. The maximum Gasteiger partial charge on any atom is -0.00923 e. The Morgan fingerprint density at radius 1 is 0.148 bits per heavy atom. The molecule has 0 aliphatic heterocycles. The standard InChI is InChI=1S/C54H36/c1-3-15-37(16-4-1)39-27-31-41(32-28-39)43-19-7-9-21-45(43)51-35-53-50-26-14-12-24-48(50)52(36-54(53)49-25-13-11-23-47(49)51)46-22-10-8-20-44(46)42-33-29-40(30-34-42)38-17-5-2-6-18-38/h1-36H. The van der Waals surface area contributed by atoms with E-state index < -0.39 is 0 Å². The monoisotopic (exact) mass is 684 g/mol. The number of hydrogen-bond acceptors (Lipinski definition) is 0. The lowest BCUT2D eigenvalue weighted by atomic mass is 9.84. The first kappa shape index (κ1) is 31.7. The molecule has 0 fully saturated rings. The minimum Gasteiger partial charge on any atom is -0.0622 e. The summed E-state index contributed by atoms with van der Waals surface area (Å²) in [5.41, 5.74) is 14.8. The third kappa shape index (κ3) is 5.57. The van der Waals surface area contributed by atoms with Crippen LogP contribution in [0.5, 0.6) is 0 Å². The van der Waals surface area contributed by atoms with Gasteiger partial charge in [-0.15, -0.1) is 0 Å². The fourth-order valence-electron chi connectivity index (χ4n) is 8.28. The molecule has 0 heteroatoms. The summed E-state index contributed by atoms with van der Waals surface area (Å²) in [7, 11) is 0. The molecule has 0 radical (unpaired) electrons. The van der Waals surface area contributed by atoms with Gasteiger partial charge < -0.3 is 0 Å². The van der Waals surface area contributed by atoms with Gasteiger partial charge in [0.1, 0.15) is 0 Å². The van der Waals surface area contributed by atoms with E-state index in [2.05, 4.69) is 218 Å². The van der Waals surface area contributed by atoms with Gasteiger partial charge in [0.15, 0.2) is 0 Å². The van der Waals surface area contributed by atoms with E-state index in [0.717, 1.165) is 0 Å². The molecule has 0 heterocycles. The van der Waals surface area contributed by atoms with Crippen LogP contribution in [0.1, 0.15) is 0 Å². The fourth-order valence-corrected chi connectivity index (χ4v) is 8.28. The predicted molar refractivity (Wildman–Crippen MR) is 232 cm³/mol. The van der Waals surface area contributed by atoms with Crippen molar-refractivity contribution in [2.75, 3.05) is 0 Å². The fraction of sp³-hybridized carbons (Fsp3) is 0. The molecule has 0 N–H and O–H groups in total. The van der Waals surface area contributed by atoms with Crippen LogP contribution in [0.2, 0.25) is 0 Å². The molecule has 0 unspecified atom stereocenters. The molecule has 0 amide bonds. The lowest BCUT2D eigenvalue weighted by molar-refractivity contribution is 1.58. The summed E-state index contributed by atoms with van der Waals surface area (Å²) in [6.45, 7) is 0. The summed E-state index contributed by atoms with van der Waals surface area (Å²) < 4.78 is 0. The molecule has 54 heavy (non-hydrogen) atoms. The van der Waals surface area contributed by atoms with Crippen molar-refractivity contribution in [2.24, 2.45) is 0 Å². The van der Waals surface area contributed by atoms with Gasteiger partial charge in [-0.2, -0.15) is 0 Å². The second-order valence-electron chi connectivity index (χ2n) is 14.0. The smallest absolute Gasteiger partial charge is 0.00923 e. The molecule has 0 atom stereocenters. The highest BCUT2D eigenvalue weighted by Gasteiger charge is 2.18. The maximum atomic E-state index is 2.44. The van der Waals surface area contributed by atoms with Crippen molar-refractivity contribution >= 4 is 32.3 Å². The molecule has 0 nitrogen and oxygen atoms in total. The van der Waals surface area contributed by atoms with E-state index in [1.807, 2.05) is 0 Å². The van der Waals surface area contributed by atoms with E-state index in [0.29, 0.717) is 0 Å². The normalized spacial score (nSPS) is 11.3. The number of hydrogen-bond donors (Lipinski definition) is 0. The highest BCUT2D eigenvalue weighted by atomic mass is 14.2. The average molecular weight is 685 g/mol. The van der Waals surface area contributed by atoms with Gasteiger partial charge in [0.05, 0.1) is 0 Å². The largest absolute Gasteiger partial charge is 0.0622 e. The number of benzene rings is 10. The minimum absolute atomic E-state index is 1.21. The van der Waals surface area contributed by atoms with Crippen LogP contribution in [0, 0.1) is 0 Å². The Bertz CT molecular complexity index is 2730. The van der Waals surface area contributed by atoms with Gasteiger partial charge in [-0.05, 0) is 111 Å². The van der Waals surface area contributed by atoms with Crippen molar-refractivity contribution in [3.05, 3.63) is 218 Å². The second kappa shape index (κ2) is 13.5. The highest BCUT2D eigenvalue weighted by Crippen LogP contribution is 2.45. The molecule has 10 rings (SSSR count). The third-order valence-electron chi connectivity index (χ3n) is 10.9. The predicted octanol–water partition coefficient (Wildman–Crippen LogP) is 15.1. The average Bonchev–Trinajstić information content (AvgIpc) is 3.26. The Kier molecular flexibility index (Phi) is 7.93. The first-order chi connectivity index (χ1) is 26.8. The van der Waals surface area contributed by atoms with Gasteiger partial charge in [0.25, 0.3) is 0 Å². The van der Waals surface area contributed by atoms with E-state index in [-0.39, 0.29) is 0 Å². The van der Waals surface area contributed by atoms with Crippen LogP contribution in [-0.4, -0.2) is 0 Å². The van der Waals surface area contributed by atoms with Gasteiger partial charge >= 0.3 is 0 Å². The number of fused-ring (bicyclic) bond motifs is 5. The lowest BCUT2D eigenvalue weighted by Gasteiger charge is -2.19. The van der Waals surface area contributed by atoms with Crippen molar-refractivity contribution in [1.29, 1.82) is 0 Å². The van der Waals surface area contributed by atoms with Crippen molar-refractivity contribution < 1.29 is 0 Å². The summed E-state index contributed by atoms with van der Waals surface area (Å²) in [6.07, 6.45) is 0. The summed E-state index contributed by atoms with van der Waals surface area (Å²) in [5.74, 6) is 0. The van der Waals surface area contributed by atoms with Crippen LogP contribution in [0.4, 0.5) is 0 Å². The van der Waals surface area contributed by atoms with Crippen molar-refractivity contribution in [2.45, 2.75) is 0 Å². The molecule has 0 spiro atoms. The van der Waals surface area contributed by atoms with Crippen LogP contribution in [0.3, 0.4) is 0 Å². The Hall–Kier alpha value is -7.02.